The number of rotatable bonds is 4. The minimum Gasteiger partial charge on any atom is -0.379 e. The van der Waals surface area contributed by atoms with Gasteiger partial charge >= 0.3 is 0 Å². The van der Waals surface area contributed by atoms with E-state index in [1.807, 2.05) is 11.8 Å². The third kappa shape index (κ3) is 4.03. The SMILES string of the molecule is Cc1ccc(S(=O)(=O)NC(=O)C(C)N2CCOCC2)cc1. The predicted octanol–water partition coefficient (Wildman–Crippen LogP) is 0.521. The average molecular weight is 312 g/mol. The van der Waals surface area contributed by atoms with Crippen molar-refractivity contribution in [2.75, 3.05) is 26.3 Å². The predicted molar refractivity (Wildman–Crippen MR) is 78.4 cm³/mol. The van der Waals surface area contributed by atoms with Crippen molar-refractivity contribution in [3.63, 3.8) is 0 Å². The standard InChI is InChI=1S/C14H20N2O4S/c1-11-3-5-13(6-4-11)21(18,19)15-14(17)12(2)16-7-9-20-10-8-16/h3-6,12H,7-10H2,1-2H3,(H,15,17). The van der Waals surface area contributed by atoms with Gasteiger partial charge in [-0.2, -0.15) is 0 Å². The molecule has 1 N–H and O–H groups in total. The summed E-state index contributed by atoms with van der Waals surface area (Å²) in [7, 11) is -3.82. The normalized spacial score (nSPS) is 18.2. The van der Waals surface area contributed by atoms with Crippen LogP contribution in [0.2, 0.25) is 0 Å². The molecule has 1 heterocycles. The third-order valence-electron chi connectivity index (χ3n) is 3.54. The highest BCUT2D eigenvalue weighted by Gasteiger charge is 2.27. The van der Waals surface area contributed by atoms with Crippen molar-refractivity contribution in [3.8, 4) is 0 Å². The van der Waals surface area contributed by atoms with E-state index in [-0.39, 0.29) is 4.90 Å². The lowest BCUT2D eigenvalue weighted by Gasteiger charge is -2.31. The zero-order valence-corrected chi connectivity index (χ0v) is 13.0. The van der Waals surface area contributed by atoms with E-state index in [1.54, 1.807) is 19.1 Å². The summed E-state index contributed by atoms with van der Waals surface area (Å²) in [6, 6.07) is 5.87. The molecule has 0 saturated carbocycles. The minimum absolute atomic E-state index is 0.0932. The van der Waals surface area contributed by atoms with Crippen LogP contribution in [0.1, 0.15) is 12.5 Å². The molecule has 6 nitrogen and oxygen atoms in total. The molecule has 1 saturated heterocycles. The largest absolute Gasteiger partial charge is 0.379 e. The molecular formula is C14H20N2O4S. The highest BCUT2D eigenvalue weighted by atomic mass is 32.2. The smallest absolute Gasteiger partial charge is 0.264 e. The van der Waals surface area contributed by atoms with Gasteiger partial charge in [-0.1, -0.05) is 17.7 Å². The molecular weight excluding hydrogens is 292 g/mol. The number of amides is 1. The van der Waals surface area contributed by atoms with Crippen molar-refractivity contribution in [2.45, 2.75) is 24.8 Å². The number of aryl methyl sites for hydroxylation is 1. The molecule has 1 amide bonds. The van der Waals surface area contributed by atoms with Gasteiger partial charge in [-0.15, -0.1) is 0 Å². The number of carbonyl (C=O) groups is 1. The summed E-state index contributed by atoms with van der Waals surface area (Å²) >= 11 is 0. The maximum atomic E-state index is 12.2. The fourth-order valence-electron chi connectivity index (χ4n) is 2.12. The van der Waals surface area contributed by atoms with Gasteiger partial charge in [-0.05, 0) is 26.0 Å². The van der Waals surface area contributed by atoms with Crippen LogP contribution in [0.3, 0.4) is 0 Å². The Hall–Kier alpha value is -1.44. The number of sulfonamides is 1. The Morgan fingerprint density at radius 2 is 1.81 bits per heavy atom. The summed E-state index contributed by atoms with van der Waals surface area (Å²) in [5.41, 5.74) is 0.960. The van der Waals surface area contributed by atoms with Crippen LogP contribution in [0, 0.1) is 6.92 Å². The van der Waals surface area contributed by atoms with Gasteiger partial charge in [0.15, 0.2) is 0 Å². The summed E-state index contributed by atoms with van der Waals surface area (Å²) in [4.78, 5) is 14.1. The van der Waals surface area contributed by atoms with E-state index >= 15 is 0 Å². The van der Waals surface area contributed by atoms with Gasteiger partial charge in [-0.3, -0.25) is 9.69 Å². The van der Waals surface area contributed by atoms with Gasteiger partial charge in [0.25, 0.3) is 15.9 Å². The van der Waals surface area contributed by atoms with Gasteiger partial charge in [0.05, 0.1) is 24.2 Å². The number of nitrogens with one attached hydrogen (secondary N) is 1. The Labute approximate surface area is 125 Å². The highest BCUT2D eigenvalue weighted by molar-refractivity contribution is 7.90. The minimum atomic E-state index is -3.82. The van der Waals surface area contributed by atoms with Crippen molar-refractivity contribution < 1.29 is 17.9 Å². The Kier molecular flexibility index (Phi) is 4.97. The van der Waals surface area contributed by atoms with Crippen LogP contribution in [0.15, 0.2) is 29.2 Å². The lowest BCUT2D eigenvalue weighted by molar-refractivity contribution is -0.125. The average Bonchev–Trinajstić information content (AvgIpc) is 2.47. The highest BCUT2D eigenvalue weighted by Crippen LogP contribution is 2.11. The van der Waals surface area contributed by atoms with Crippen molar-refractivity contribution in [2.24, 2.45) is 0 Å². The van der Waals surface area contributed by atoms with Crippen LogP contribution in [0.5, 0.6) is 0 Å². The molecule has 7 heteroatoms. The molecule has 1 unspecified atom stereocenters. The molecule has 0 aliphatic carbocycles. The summed E-state index contributed by atoms with van der Waals surface area (Å²) < 4.78 is 31.7. The number of benzene rings is 1. The van der Waals surface area contributed by atoms with Crippen LogP contribution in [-0.2, 0) is 19.6 Å². The fourth-order valence-corrected chi connectivity index (χ4v) is 3.17. The van der Waals surface area contributed by atoms with Crippen LogP contribution >= 0.6 is 0 Å². The molecule has 0 bridgehead atoms. The second-order valence-corrected chi connectivity index (χ2v) is 6.79. The van der Waals surface area contributed by atoms with Crippen LogP contribution < -0.4 is 4.72 Å². The van der Waals surface area contributed by atoms with Gasteiger partial charge in [0.2, 0.25) is 0 Å². The maximum absolute atomic E-state index is 12.2. The third-order valence-corrected chi connectivity index (χ3v) is 4.90. The quantitative estimate of drug-likeness (QED) is 0.877. The molecule has 1 aliphatic heterocycles. The van der Waals surface area contributed by atoms with E-state index < -0.39 is 22.0 Å². The molecule has 1 atom stereocenters. The van der Waals surface area contributed by atoms with Crippen molar-refractivity contribution in [1.29, 1.82) is 0 Å². The van der Waals surface area contributed by atoms with Gasteiger partial charge in [-0.25, -0.2) is 13.1 Å². The molecule has 0 radical (unpaired) electrons. The Balaban J connectivity index is 2.05. The number of ether oxygens (including phenoxy) is 1. The van der Waals surface area contributed by atoms with E-state index in [0.29, 0.717) is 26.3 Å². The maximum Gasteiger partial charge on any atom is 0.264 e. The van der Waals surface area contributed by atoms with Crippen molar-refractivity contribution >= 4 is 15.9 Å². The molecule has 116 valence electrons. The van der Waals surface area contributed by atoms with E-state index in [2.05, 4.69) is 4.72 Å². The first-order valence-corrected chi connectivity index (χ1v) is 8.33. The lowest BCUT2D eigenvalue weighted by Crippen LogP contribution is -2.50. The van der Waals surface area contributed by atoms with E-state index in [0.717, 1.165) is 5.56 Å². The molecule has 2 rings (SSSR count). The lowest BCUT2D eigenvalue weighted by atomic mass is 10.2. The monoisotopic (exact) mass is 312 g/mol. The molecule has 0 aromatic heterocycles. The Morgan fingerprint density at radius 3 is 2.38 bits per heavy atom. The summed E-state index contributed by atoms with van der Waals surface area (Å²) in [5.74, 6) is -0.516. The Bertz CT molecular complexity index is 592. The number of hydrogen-bond acceptors (Lipinski definition) is 5. The van der Waals surface area contributed by atoms with Gasteiger partial charge in [0.1, 0.15) is 0 Å². The molecule has 1 fully saturated rings. The van der Waals surface area contributed by atoms with E-state index in [1.165, 1.54) is 12.1 Å². The zero-order valence-electron chi connectivity index (χ0n) is 12.2. The second-order valence-electron chi connectivity index (χ2n) is 5.11. The Morgan fingerprint density at radius 1 is 1.24 bits per heavy atom. The molecule has 0 spiro atoms. The number of morpholine rings is 1. The van der Waals surface area contributed by atoms with Crippen molar-refractivity contribution in [3.05, 3.63) is 29.8 Å². The van der Waals surface area contributed by atoms with Crippen LogP contribution in [-0.4, -0.2) is 51.6 Å². The fraction of sp³-hybridized carbons (Fsp3) is 0.500. The number of nitrogens with zero attached hydrogens (tertiary/aromatic N) is 1. The second kappa shape index (κ2) is 6.55. The first-order chi connectivity index (χ1) is 9.90. The molecule has 1 aromatic carbocycles. The first-order valence-electron chi connectivity index (χ1n) is 6.85. The van der Waals surface area contributed by atoms with E-state index in [9.17, 15) is 13.2 Å². The van der Waals surface area contributed by atoms with Crippen LogP contribution in [0.25, 0.3) is 0 Å². The summed E-state index contributed by atoms with van der Waals surface area (Å²) in [6.07, 6.45) is 0. The first kappa shape index (κ1) is 15.9. The zero-order chi connectivity index (χ0) is 15.5. The number of hydrogen-bond donors (Lipinski definition) is 1. The van der Waals surface area contributed by atoms with Crippen molar-refractivity contribution in [1.82, 2.24) is 9.62 Å². The molecule has 1 aliphatic rings. The molecule has 1 aromatic rings. The topological polar surface area (TPSA) is 75.7 Å². The number of carbonyl (C=O) groups excluding carboxylic acids is 1. The van der Waals surface area contributed by atoms with E-state index in [4.69, 9.17) is 4.74 Å². The summed E-state index contributed by atoms with van der Waals surface area (Å²) in [5, 5.41) is 0. The van der Waals surface area contributed by atoms with Crippen LogP contribution in [0.4, 0.5) is 0 Å². The molecule has 21 heavy (non-hydrogen) atoms. The summed E-state index contributed by atoms with van der Waals surface area (Å²) in [6.45, 7) is 5.93. The van der Waals surface area contributed by atoms with Gasteiger partial charge in [0, 0.05) is 13.1 Å². The van der Waals surface area contributed by atoms with Gasteiger partial charge < -0.3 is 4.74 Å².